The molecule has 1 aliphatic rings. The summed E-state index contributed by atoms with van der Waals surface area (Å²) in [6, 6.07) is 4.88. The lowest BCUT2D eigenvalue weighted by atomic mass is 10.2. The van der Waals surface area contributed by atoms with Crippen LogP contribution in [0.4, 0.5) is 11.4 Å². The summed E-state index contributed by atoms with van der Waals surface area (Å²) in [5.74, 6) is 0.721. The van der Waals surface area contributed by atoms with E-state index in [9.17, 15) is 8.42 Å². The Labute approximate surface area is 115 Å². The Morgan fingerprint density at radius 2 is 1.89 bits per heavy atom. The quantitative estimate of drug-likeness (QED) is 0.829. The lowest BCUT2D eigenvalue weighted by Crippen LogP contribution is -2.24. The molecule has 1 aliphatic carbocycles. The van der Waals surface area contributed by atoms with Crippen LogP contribution in [0.2, 0.25) is 0 Å². The van der Waals surface area contributed by atoms with Gasteiger partial charge in [-0.1, -0.05) is 0 Å². The van der Waals surface area contributed by atoms with Gasteiger partial charge in [-0.15, -0.1) is 0 Å². The van der Waals surface area contributed by atoms with E-state index in [1.165, 1.54) is 31.2 Å². The number of nitrogens with two attached hydrogens (primary N) is 1. The zero-order chi connectivity index (χ0) is 14.2. The Kier molecular flexibility index (Phi) is 3.73. The van der Waals surface area contributed by atoms with Gasteiger partial charge in [0.2, 0.25) is 10.0 Å². The molecular weight excluding hydrogens is 262 g/mol. The van der Waals surface area contributed by atoms with Crippen molar-refractivity contribution in [2.75, 3.05) is 38.3 Å². The minimum atomic E-state index is -3.41. The van der Waals surface area contributed by atoms with E-state index in [-0.39, 0.29) is 4.90 Å². The number of hydrogen-bond donors (Lipinski definition) is 1. The normalized spacial score (nSPS) is 15.8. The molecule has 1 aromatic carbocycles. The second-order valence-corrected chi connectivity index (χ2v) is 7.48. The highest BCUT2D eigenvalue weighted by atomic mass is 32.2. The number of benzene rings is 1. The molecule has 0 aromatic heterocycles. The predicted octanol–water partition coefficient (Wildman–Crippen LogP) is 1.37. The van der Waals surface area contributed by atoms with E-state index < -0.39 is 10.0 Å². The molecule has 0 unspecified atom stereocenters. The Balaban J connectivity index is 2.33. The summed E-state index contributed by atoms with van der Waals surface area (Å²) in [7, 11) is 1.60. The van der Waals surface area contributed by atoms with Gasteiger partial charge in [-0.25, -0.2) is 12.7 Å². The topological polar surface area (TPSA) is 66.6 Å². The second kappa shape index (κ2) is 5.02. The minimum Gasteiger partial charge on any atom is -0.397 e. The van der Waals surface area contributed by atoms with Gasteiger partial charge in [0.25, 0.3) is 0 Å². The van der Waals surface area contributed by atoms with Gasteiger partial charge in [-0.3, -0.25) is 0 Å². The van der Waals surface area contributed by atoms with Gasteiger partial charge in [-0.2, -0.15) is 0 Å². The number of rotatable bonds is 5. The Hall–Kier alpha value is -1.27. The lowest BCUT2D eigenvalue weighted by molar-refractivity contribution is 0.521. The summed E-state index contributed by atoms with van der Waals surface area (Å²) >= 11 is 0. The van der Waals surface area contributed by atoms with Crippen LogP contribution in [0.25, 0.3) is 0 Å². The molecular formula is C13H21N3O2S. The fourth-order valence-corrected chi connectivity index (χ4v) is 2.93. The van der Waals surface area contributed by atoms with Crippen molar-refractivity contribution in [3.05, 3.63) is 18.2 Å². The second-order valence-electron chi connectivity index (χ2n) is 5.33. The molecule has 0 aliphatic heterocycles. The van der Waals surface area contributed by atoms with Crippen molar-refractivity contribution in [1.29, 1.82) is 0 Å². The van der Waals surface area contributed by atoms with E-state index in [1.54, 1.807) is 18.2 Å². The average Bonchev–Trinajstić information content (AvgIpc) is 3.12. The number of nitrogens with zero attached hydrogens (tertiary/aromatic N) is 2. The van der Waals surface area contributed by atoms with Crippen molar-refractivity contribution in [3.63, 3.8) is 0 Å². The van der Waals surface area contributed by atoms with Crippen molar-refractivity contribution in [2.45, 2.75) is 17.7 Å². The molecule has 6 heteroatoms. The Bertz CT molecular complexity index is 565. The summed E-state index contributed by atoms with van der Waals surface area (Å²) in [6.07, 6.45) is 2.50. The molecule has 0 saturated heterocycles. The summed E-state index contributed by atoms with van der Waals surface area (Å²) in [5, 5.41) is 0. The van der Waals surface area contributed by atoms with Crippen molar-refractivity contribution < 1.29 is 8.42 Å². The fraction of sp³-hybridized carbons (Fsp3) is 0.538. The summed E-state index contributed by atoms with van der Waals surface area (Å²) in [4.78, 5) is 2.33. The van der Waals surface area contributed by atoms with E-state index in [0.29, 0.717) is 5.69 Å². The number of hydrogen-bond acceptors (Lipinski definition) is 4. The SMILES string of the molecule is CN(CC1CC1)c1cc(S(=O)(=O)N(C)C)ccc1N. The first kappa shape index (κ1) is 14.1. The first-order valence-electron chi connectivity index (χ1n) is 6.35. The third kappa shape index (κ3) is 3.01. The molecule has 19 heavy (non-hydrogen) atoms. The lowest BCUT2D eigenvalue weighted by Gasteiger charge is -2.22. The van der Waals surface area contributed by atoms with Crippen LogP contribution >= 0.6 is 0 Å². The average molecular weight is 283 g/mol. The van der Waals surface area contributed by atoms with Gasteiger partial charge in [0.05, 0.1) is 16.3 Å². The van der Waals surface area contributed by atoms with Crippen LogP contribution in [0.5, 0.6) is 0 Å². The summed E-state index contributed by atoms with van der Waals surface area (Å²) in [6.45, 7) is 0.926. The van der Waals surface area contributed by atoms with E-state index >= 15 is 0 Å². The van der Waals surface area contributed by atoms with Crippen LogP contribution in [0.15, 0.2) is 23.1 Å². The van der Waals surface area contributed by atoms with Gasteiger partial charge in [-0.05, 0) is 37.0 Å². The molecule has 1 saturated carbocycles. The summed E-state index contributed by atoms with van der Waals surface area (Å²) < 4.78 is 25.4. The molecule has 0 amide bonds. The van der Waals surface area contributed by atoms with Crippen molar-refractivity contribution in [3.8, 4) is 0 Å². The smallest absolute Gasteiger partial charge is 0.242 e. The molecule has 0 heterocycles. The van der Waals surface area contributed by atoms with Crippen LogP contribution < -0.4 is 10.6 Å². The van der Waals surface area contributed by atoms with Crippen LogP contribution in [0.3, 0.4) is 0 Å². The highest BCUT2D eigenvalue weighted by molar-refractivity contribution is 7.89. The standard InChI is InChI=1S/C13H21N3O2S/c1-15(2)19(17,18)11-6-7-12(14)13(8-11)16(3)9-10-4-5-10/h6-8,10H,4-5,9,14H2,1-3H3. The fourth-order valence-electron chi connectivity index (χ4n) is 2.01. The first-order valence-corrected chi connectivity index (χ1v) is 7.79. The van der Waals surface area contributed by atoms with E-state index in [2.05, 4.69) is 0 Å². The first-order chi connectivity index (χ1) is 8.82. The van der Waals surface area contributed by atoms with Crippen LogP contribution in [-0.2, 0) is 10.0 Å². The van der Waals surface area contributed by atoms with Crippen molar-refractivity contribution in [2.24, 2.45) is 5.92 Å². The van der Waals surface area contributed by atoms with Gasteiger partial charge < -0.3 is 10.6 Å². The third-order valence-corrected chi connectivity index (χ3v) is 5.23. The summed E-state index contributed by atoms with van der Waals surface area (Å²) in [5.41, 5.74) is 7.35. The molecule has 2 N–H and O–H groups in total. The zero-order valence-electron chi connectivity index (χ0n) is 11.6. The third-order valence-electron chi connectivity index (χ3n) is 3.42. The Morgan fingerprint density at radius 3 is 2.42 bits per heavy atom. The number of sulfonamides is 1. The van der Waals surface area contributed by atoms with E-state index in [1.807, 2.05) is 11.9 Å². The number of nitrogen functional groups attached to an aromatic ring is 1. The highest BCUT2D eigenvalue weighted by Gasteiger charge is 2.25. The molecule has 0 bridgehead atoms. The van der Waals surface area contributed by atoms with E-state index in [4.69, 9.17) is 5.73 Å². The maximum atomic E-state index is 12.1. The monoisotopic (exact) mass is 283 g/mol. The van der Waals surface area contributed by atoms with Crippen LogP contribution in [0, 0.1) is 5.92 Å². The zero-order valence-corrected chi connectivity index (χ0v) is 12.4. The van der Waals surface area contributed by atoms with Gasteiger partial charge in [0.15, 0.2) is 0 Å². The largest absolute Gasteiger partial charge is 0.397 e. The molecule has 1 aromatic rings. The van der Waals surface area contributed by atoms with Gasteiger partial charge in [0.1, 0.15) is 0 Å². The maximum absolute atomic E-state index is 12.1. The van der Waals surface area contributed by atoms with E-state index in [0.717, 1.165) is 18.2 Å². The molecule has 106 valence electrons. The van der Waals surface area contributed by atoms with Crippen LogP contribution in [0.1, 0.15) is 12.8 Å². The molecule has 0 radical (unpaired) electrons. The van der Waals surface area contributed by atoms with Gasteiger partial charge >= 0.3 is 0 Å². The molecule has 1 fully saturated rings. The molecule has 2 rings (SSSR count). The maximum Gasteiger partial charge on any atom is 0.242 e. The molecule has 5 nitrogen and oxygen atoms in total. The van der Waals surface area contributed by atoms with Gasteiger partial charge in [0, 0.05) is 27.7 Å². The highest BCUT2D eigenvalue weighted by Crippen LogP contribution is 2.33. The molecule has 0 atom stereocenters. The molecule has 0 spiro atoms. The predicted molar refractivity (Wildman–Crippen MR) is 77.7 cm³/mol. The van der Waals surface area contributed by atoms with Crippen LogP contribution in [-0.4, -0.2) is 40.4 Å². The Morgan fingerprint density at radius 1 is 1.26 bits per heavy atom. The van der Waals surface area contributed by atoms with Crippen molar-refractivity contribution >= 4 is 21.4 Å². The minimum absolute atomic E-state index is 0.282. The number of anilines is 2. The van der Waals surface area contributed by atoms with Crippen molar-refractivity contribution in [1.82, 2.24) is 4.31 Å².